The fourth-order valence-electron chi connectivity index (χ4n) is 5.60. The molecule has 1 amide bonds. The number of hydrogen-bond donors (Lipinski definition) is 0. The van der Waals surface area contributed by atoms with E-state index >= 15 is 0 Å². The number of ether oxygens (including phenoxy) is 2. The number of rotatable bonds is 4. The highest BCUT2D eigenvalue weighted by Crippen LogP contribution is 2.38. The molecule has 0 unspecified atom stereocenters. The number of fused-ring (bicyclic) bond motifs is 1. The first kappa shape index (κ1) is 24.3. The lowest BCUT2D eigenvalue weighted by molar-refractivity contribution is -0.169. The van der Waals surface area contributed by atoms with Gasteiger partial charge in [0.05, 0.1) is 30.0 Å². The van der Waals surface area contributed by atoms with Crippen LogP contribution in [-0.4, -0.2) is 95.8 Å². The first-order chi connectivity index (χ1) is 17.5. The Labute approximate surface area is 213 Å². The standard InChI is InChI=1S/C25H31F2N5O3S/c26-20-15-18-22(16-21(20)27)28-17-19(23(18)29-7-3-25(4-8-29)34-13-14-35-25)24(33)30-9-11-32(12-10-30)36-31-5-1-2-6-31/h15-17H,1-14H2. The minimum atomic E-state index is -0.947. The molecule has 8 nitrogen and oxygen atoms in total. The van der Waals surface area contributed by atoms with Gasteiger partial charge in [-0.1, -0.05) is 0 Å². The molecule has 6 rings (SSSR count). The maximum absolute atomic E-state index is 14.4. The second-order valence-electron chi connectivity index (χ2n) is 9.84. The number of halogens is 2. The molecule has 4 aliphatic heterocycles. The van der Waals surface area contributed by atoms with E-state index in [1.807, 2.05) is 4.90 Å². The van der Waals surface area contributed by atoms with E-state index in [1.165, 1.54) is 25.1 Å². The molecule has 194 valence electrons. The average Bonchev–Trinajstić information content (AvgIpc) is 3.58. The Hall–Kier alpha value is -2.05. The minimum Gasteiger partial charge on any atom is -0.370 e. The molecular formula is C25H31F2N5O3S. The van der Waals surface area contributed by atoms with Gasteiger partial charge in [0.15, 0.2) is 17.4 Å². The predicted molar refractivity (Wildman–Crippen MR) is 134 cm³/mol. The number of piperazine rings is 1. The quantitative estimate of drug-likeness (QED) is 0.571. The zero-order valence-corrected chi connectivity index (χ0v) is 21.1. The number of aromatic nitrogens is 1. The van der Waals surface area contributed by atoms with Crippen LogP contribution in [0.25, 0.3) is 10.9 Å². The Balaban J connectivity index is 1.25. The summed E-state index contributed by atoms with van der Waals surface area (Å²) in [6.45, 7) is 7.33. The topological polar surface area (TPSA) is 61.4 Å². The largest absolute Gasteiger partial charge is 0.370 e. The number of piperidine rings is 1. The number of carbonyl (C=O) groups excluding carboxylic acids is 1. The molecular weight excluding hydrogens is 488 g/mol. The molecule has 0 radical (unpaired) electrons. The molecule has 5 heterocycles. The SMILES string of the molecule is O=C(c1cnc2cc(F)c(F)cc2c1N1CCC2(CC1)OCCO2)N1CCN(SN2CCCC2)CC1. The first-order valence-electron chi connectivity index (χ1n) is 12.8. The van der Waals surface area contributed by atoms with Gasteiger partial charge >= 0.3 is 0 Å². The Kier molecular flexibility index (Phi) is 6.76. The van der Waals surface area contributed by atoms with Crippen molar-refractivity contribution in [1.29, 1.82) is 0 Å². The Morgan fingerprint density at radius 1 is 0.889 bits per heavy atom. The second-order valence-corrected chi connectivity index (χ2v) is 11.0. The summed E-state index contributed by atoms with van der Waals surface area (Å²) >= 11 is 1.78. The highest BCUT2D eigenvalue weighted by Gasteiger charge is 2.41. The highest BCUT2D eigenvalue weighted by atomic mass is 32.2. The van der Waals surface area contributed by atoms with Crippen LogP contribution in [0.3, 0.4) is 0 Å². The van der Waals surface area contributed by atoms with Crippen LogP contribution >= 0.6 is 12.1 Å². The van der Waals surface area contributed by atoms with Crippen molar-refractivity contribution in [2.24, 2.45) is 0 Å². The van der Waals surface area contributed by atoms with Crippen molar-refractivity contribution in [3.8, 4) is 0 Å². The lowest BCUT2D eigenvalue weighted by Crippen LogP contribution is -2.48. The van der Waals surface area contributed by atoms with Gasteiger partial charge in [-0.15, -0.1) is 0 Å². The van der Waals surface area contributed by atoms with Crippen molar-refractivity contribution in [2.75, 3.05) is 70.5 Å². The van der Waals surface area contributed by atoms with Gasteiger partial charge < -0.3 is 19.3 Å². The lowest BCUT2D eigenvalue weighted by Gasteiger charge is -2.40. The van der Waals surface area contributed by atoms with Crippen molar-refractivity contribution in [1.82, 2.24) is 18.5 Å². The smallest absolute Gasteiger partial charge is 0.257 e. The molecule has 1 aromatic carbocycles. The second kappa shape index (κ2) is 10.0. The Bertz CT molecular complexity index is 1120. The zero-order valence-electron chi connectivity index (χ0n) is 20.3. The van der Waals surface area contributed by atoms with E-state index < -0.39 is 17.4 Å². The molecule has 0 N–H and O–H groups in total. The number of anilines is 1. The molecule has 1 aromatic heterocycles. The molecule has 0 bridgehead atoms. The van der Waals surface area contributed by atoms with Crippen LogP contribution in [0.4, 0.5) is 14.5 Å². The van der Waals surface area contributed by atoms with Gasteiger partial charge in [0, 0.05) is 95.0 Å². The minimum absolute atomic E-state index is 0.122. The molecule has 4 aliphatic rings. The average molecular weight is 520 g/mol. The molecule has 0 saturated carbocycles. The number of amides is 1. The number of hydrogen-bond acceptors (Lipinski definition) is 8. The third-order valence-corrected chi connectivity index (χ3v) is 8.78. The fraction of sp³-hybridized carbons (Fsp3) is 0.600. The maximum atomic E-state index is 14.4. The molecule has 11 heteroatoms. The van der Waals surface area contributed by atoms with Gasteiger partial charge in [-0.05, 0) is 18.9 Å². The number of carbonyl (C=O) groups is 1. The van der Waals surface area contributed by atoms with E-state index in [9.17, 15) is 13.6 Å². The third kappa shape index (κ3) is 4.67. The molecule has 0 aliphatic carbocycles. The fourth-order valence-corrected chi connectivity index (χ4v) is 6.68. The normalized spacial score (nSPS) is 23.3. The van der Waals surface area contributed by atoms with E-state index in [2.05, 4.69) is 18.5 Å². The molecule has 4 fully saturated rings. The summed E-state index contributed by atoms with van der Waals surface area (Å²) in [4.78, 5) is 22.0. The van der Waals surface area contributed by atoms with E-state index in [4.69, 9.17) is 9.47 Å². The van der Waals surface area contributed by atoms with Crippen LogP contribution in [-0.2, 0) is 9.47 Å². The zero-order chi connectivity index (χ0) is 24.7. The monoisotopic (exact) mass is 519 g/mol. The summed E-state index contributed by atoms with van der Waals surface area (Å²) in [6.07, 6.45) is 5.28. The van der Waals surface area contributed by atoms with Gasteiger partial charge in [-0.25, -0.2) is 17.4 Å². The van der Waals surface area contributed by atoms with Crippen molar-refractivity contribution in [3.05, 3.63) is 35.5 Å². The van der Waals surface area contributed by atoms with Gasteiger partial charge in [-0.2, -0.15) is 0 Å². The van der Waals surface area contributed by atoms with Gasteiger partial charge in [0.2, 0.25) is 0 Å². The maximum Gasteiger partial charge on any atom is 0.257 e. The van der Waals surface area contributed by atoms with Crippen LogP contribution in [0, 0.1) is 11.6 Å². The third-order valence-electron chi connectivity index (χ3n) is 7.59. The molecule has 1 spiro atoms. The summed E-state index contributed by atoms with van der Waals surface area (Å²) in [7, 11) is 0. The summed E-state index contributed by atoms with van der Waals surface area (Å²) in [6, 6.07) is 2.27. The van der Waals surface area contributed by atoms with Gasteiger partial charge in [0.1, 0.15) is 0 Å². The number of nitrogens with zero attached hydrogens (tertiary/aromatic N) is 5. The molecule has 36 heavy (non-hydrogen) atoms. The number of pyridine rings is 1. The van der Waals surface area contributed by atoms with Gasteiger partial charge in [-0.3, -0.25) is 9.78 Å². The van der Waals surface area contributed by atoms with E-state index in [1.54, 1.807) is 12.1 Å². The van der Waals surface area contributed by atoms with Crippen molar-refractivity contribution in [2.45, 2.75) is 31.5 Å². The number of benzene rings is 1. The van der Waals surface area contributed by atoms with Gasteiger partial charge in [0.25, 0.3) is 5.91 Å². The lowest BCUT2D eigenvalue weighted by atomic mass is 9.99. The summed E-state index contributed by atoms with van der Waals surface area (Å²) < 4.78 is 44.8. The van der Waals surface area contributed by atoms with Crippen LogP contribution in [0.2, 0.25) is 0 Å². The molecule has 0 atom stereocenters. The summed E-state index contributed by atoms with van der Waals surface area (Å²) in [5, 5.41) is 0.451. The Morgan fingerprint density at radius 2 is 1.53 bits per heavy atom. The van der Waals surface area contributed by atoms with Crippen LogP contribution in [0.1, 0.15) is 36.0 Å². The van der Waals surface area contributed by atoms with E-state index in [-0.39, 0.29) is 5.91 Å². The highest BCUT2D eigenvalue weighted by molar-refractivity contribution is 7.94. The molecule has 2 aromatic rings. The van der Waals surface area contributed by atoms with Crippen LogP contribution in [0.5, 0.6) is 0 Å². The summed E-state index contributed by atoms with van der Waals surface area (Å²) in [5.74, 6) is -2.59. The van der Waals surface area contributed by atoms with E-state index in [0.717, 1.165) is 32.2 Å². The van der Waals surface area contributed by atoms with Crippen LogP contribution in [0.15, 0.2) is 18.3 Å². The van der Waals surface area contributed by atoms with Crippen LogP contribution < -0.4 is 4.90 Å². The van der Waals surface area contributed by atoms with E-state index in [0.29, 0.717) is 74.4 Å². The predicted octanol–water partition coefficient (Wildman–Crippen LogP) is 3.27. The Morgan fingerprint density at radius 3 is 2.22 bits per heavy atom. The first-order valence-corrected chi connectivity index (χ1v) is 13.5. The molecule has 4 saturated heterocycles. The summed E-state index contributed by atoms with van der Waals surface area (Å²) in [5.41, 5.74) is 1.38. The van der Waals surface area contributed by atoms with Crippen molar-refractivity contribution < 1.29 is 23.0 Å². The van der Waals surface area contributed by atoms with Crippen molar-refractivity contribution >= 4 is 34.6 Å². The van der Waals surface area contributed by atoms with Crippen molar-refractivity contribution in [3.63, 3.8) is 0 Å².